The summed E-state index contributed by atoms with van der Waals surface area (Å²) in [5.74, 6) is 0. The molecule has 2 aromatic heterocycles. The molecule has 0 aliphatic heterocycles. The van der Waals surface area contributed by atoms with Crippen LogP contribution in [0.1, 0.15) is 0 Å². The van der Waals surface area contributed by atoms with Crippen LogP contribution in [0.5, 0.6) is 0 Å². The number of hydrogen-bond donors (Lipinski definition) is 0. The first-order valence-corrected chi connectivity index (χ1v) is 11.4. The van der Waals surface area contributed by atoms with E-state index in [1.165, 1.54) is 21.2 Å². The first-order chi connectivity index (χ1) is 6.47. The van der Waals surface area contributed by atoms with Crippen LogP contribution >= 0.6 is 25.0 Å². The Balaban J connectivity index is 0.000000396. The number of pyridine rings is 1. The van der Waals surface area contributed by atoms with Gasteiger partial charge in [0.25, 0.3) is 0 Å². The Hall–Kier alpha value is -0.0466. The van der Waals surface area contributed by atoms with E-state index in [9.17, 15) is 0 Å². The van der Waals surface area contributed by atoms with E-state index in [1.54, 1.807) is 17.5 Å². The van der Waals surface area contributed by atoms with Gasteiger partial charge in [-0.2, -0.15) is 12.1 Å². The molecule has 0 aliphatic carbocycles. The second-order valence-electron chi connectivity index (χ2n) is 2.13. The van der Waals surface area contributed by atoms with Gasteiger partial charge >= 0.3 is 30.0 Å². The van der Waals surface area contributed by atoms with Crippen molar-refractivity contribution in [2.75, 3.05) is 0 Å². The number of aromatic nitrogens is 1. The largest absolute Gasteiger partial charge is 0.294 e. The van der Waals surface area contributed by atoms with Gasteiger partial charge in [0.15, 0.2) is 0 Å². The fraction of sp³-hybridized carbons (Fsp3) is 0. The number of halogens is 1. The SMILES string of the molecule is [Zn+][Br].[c-]1ccc(-c2ccccn2)s1. The molecule has 0 bridgehead atoms. The molecule has 0 radical (unpaired) electrons. The smallest absolute Gasteiger partial charge is 0.0262 e. The minimum absolute atomic E-state index is 1.03. The van der Waals surface area contributed by atoms with Crippen molar-refractivity contribution in [2.24, 2.45) is 0 Å². The van der Waals surface area contributed by atoms with E-state index >= 15 is 0 Å². The molecule has 0 N–H and O–H groups in total. The summed E-state index contributed by atoms with van der Waals surface area (Å²) >= 11 is 5.84. The summed E-state index contributed by atoms with van der Waals surface area (Å²) in [6, 6.07) is 9.84. The fourth-order valence-electron chi connectivity index (χ4n) is 0.887. The number of hydrogen-bond acceptors (Lipinski definition) is 2. The minimum atomic E-state index is 1.03. The molecule has 0 saturated carbocycles. The monoisotopic (exact) mass is 303 g/mol. The zero-order valence-electron chi connectivity index (χ0n) is 6.90. The van der Waals surface area contributed by atoms with Gasteiger partial charge in [-0.05, 0) is 12.1 Å². The molecule has 0 unspecified atom stereocenters. The normalized spacial score (nSPS) is 8.85. The summed E-state index contributed by atoms with van der Waals surface area (Å²) in [5.41, 5.74) is 1.03. The van der Waals surface area contributed by atoms with Crippen LogP contribution < -0.4 is 0 Å². The quantitative estimate of drug-likeness (QED) is 0.581. The van der Waals surface area contributed by atoms with Crippen LogP contribution in [0.2, 0.25) is 0 Å². The molecule has 0 atom stereocenters. The Morgan fingerprint density at radius 2 is 2.15 bits per heavy atom. The van der Waals surface area contributed by atoms with Crippen molar-refractivity contribution >= 4 is 25.0 Å². The molecule has 2 rings (SSSR count). The standard InChI is InChI=1S/C9H6NS.BrH.Zn/c1-2-6-10-8(4-1)9-5-3-7-11-9;;/h1-6H;1H;/q-1;;+2/p-1. The zero-order valence-corrected chi connectivity index (χ0v) is 12.3. The Bertz CT molecular complexity index is 323. The van der Waals surface area contributed by atoms with Crippen molar-refractivity contribution in [2.45, 2.75) is 0 Å². The summed E-state index contributed by atoms with van der Waals surface area (Å²) in [6.45, 7) is 0. The minimum Gasteiger partial charge on any atom is -0.294 e. The van der Waals surface area contributed by atoms with Crippen LogP contribution in [0.25, 0.3) is 10.6 Å². The second-order valence-corrected chi connectivity index (χ2v) is 3.01. The maximum atomic E-state index is 4.21. The second kappa shape index (κ2) is 6.41. The van der Waals surface area contributed by atoms with E-state index in [0.29, 0.717) is 0 Å². The van der Waals surface area contributed by atoms with Crippen LogP contribution in [-0.2, 0) is 16.3 Å². The van der Waals surface area contributed by atoms with Crippen LogP contribution in [-0.4, -0.2) is 4.98 Å². The topological polar surface area (TPSA) is 12.9 Å². The average Bonchev–Trinajstić information content (AvgIpc) is 2.75. The van der Waals surface area contributed by atoms with Crippen molar-refractivity contribution in [3.63, 3.8) is 0 Å². The van der Waals surface area contributed by atoms with Gasteiger partial charge in [-0.25, -0.2) is 0 Å². The van der Waals surface area contributed by atoms with E-state index in [0.717, 1.165) is 5.69 Å². The molecular weight excluding hydrogens is 299 g/mol. The van der Waals surface area contributed by atoms with Crippen molar-refractivity contribution in [1.29, 1.82) is 0 Å². The van der Waals surface area contributed by atoms with Crippen molar-refractivity contribution in [3.05, 3.63) is 41.9 Å². The maximum absolute atomic E-state index is 4.21. The summed E-state index contributed by atoms with van der Waals surface area (Å²) in [6.07, 6.45) is 1.80. The predicted octanol–water partition coefficient (Wildman–Crippen LogP) is 3.45. The molecule has 13 heavy (non-hydrogen) atoms. The predicted molar refractivity (Wildman–Crippen MR) is 55.3 cm³/mol. The van der Waals surface area contributed by atoms with Gasteiger partial charge in [0, 0.05) is 11.9 Å². The average molecular weight is 306 g/mol. The van der Waals surface area contributed by atoms with E-state index in [1.807, 2.05) is 30.3 Å². The number of rotatable bonds is 1. The van der Waals surface area contributed by atoms with Gasteiger partial charge in [-0.1, -0.05) is 6.07 Å². The maximum Gasteiger partial charge on any atom is 0.0262 e. The van der Waals surface area contributed by atoms with Gasteiger partial charge in [-0.3, -0.25) is 16.3 Å². The number of thiophene rings is 1. The first kappa shape index (κ1) is 11.0. The van der Waals surface area contributed by atoms with E-state index in [-0.39, 0.29) is 0 Å². The molecule has 2 aromatic rings. The van der Waals surface area contributed by atoms with E-state index in [4.69, 9.17) is 0 Å². The third kappa shape index (κ3) is 3.30. The molecule has 0 saturated heterocycles. The zero-order chi connectivity index (χ0) is 9.52. The van der Waals surface area contributed by atoms with Gasteiger partial charge in [0.2, 0.25) is 0 Å². The Labute approximate surface area is 98.3 Å². The fourth-order valence-corrected chi connectivity index (χ4v) is 1.51. The molecule has 62 valence electrons. The third-order valence-electron chi connectivity index (χ3n) is 1.39. The van der Waals surface area contributed by atoms with Gasteiger partial charge in [-0.15, -0.1) is 10.3 Å². The Kier molecular flexibility index (Phi) is 5.44. The Morgan fingerprint density at radius 1 is 1.31 bits per heavy atom. The van der Waals surface area contributed by atoms with E-state index in [2.05, 4.69) is 24.0 Å². The van der Waals surface area contributed by atoms with Crippen LogP contribution in [0.3, 0.4) is 0 Å². The van der Waals surface area contributed by atoms with Gasteiger partial charge in [0.1, 0.15) is 0 Å². The van der Waals surface area contributed by atoms with Gasteiger partial charge < -0.3 is 0 Å². The molecule has 4 heteroatoms. The third-order valence-corrected chi connectivity index (χ3v) is 2.21. The van der Waals surface area contributed by atoms with Crippen LogP contribution in [0, 0.1) is 5.38 Å². The van der Waals surface area contributed by atoms with E-state index < -0.39 is 0 Å². The molecular formula is C9H6BrNSZn. The summed E-state index contributed by atoms with van der Waals surface area (Å²) in [4.78, 5) is 5.38. The first-order valence-electron chi connectivity index (χ1n) is 3.61. The molecule has 1 nitrogen and oxygen atoms in total. The summed E-state index contributed by atoms with van der Waals surface area (Å²) in [5, 5.41) is 3.03. The van der Waals surface area contributed by atoms with Gasteiger partial charge in [0.05, 0.1) is 0 Å². The summed E-state index contributed by atoms with van der Waals surface area (Å²) in [7, 11) is 0. The number of nitrogens with zero attached hydrogens (tertiary/aromatic N) is 1. The van der Waals surface area contributed by atoms with Crippen LogP contribution in [0.4, 0.5) is 0 Å². The van der Waals surface area contributed by atoms with Crippen molar-refractivity contribution in [1.82, 2.24) is 4.98 Å². The molecule has 0 aromatic carbocycles. The molecule has 0 fully saturated rings. The molecule has 2 heterocycles. The van der Waals surface area contributed by atoms with Crippen molar-refractivity contribution < 1.29 is 16.3 Å². The summed E-state index contributed by atoms with van der Waals surface area (Å²) < 4.78 is 0. The molecule has 0 spiro atoms. The molecule has 0 aliphatic rings. The Morgan fingerprint density at radius 3 is 2.69 bits per heavy atom. The van der Waals surface area contributed by atoms with Crippen molar-refractivity contribution in [3.8, 4) is 10.6 Å². The molecule has 0 amide bonds. The van der Waals surface area contributed by atoms with Crippen LogP contribution in [0.15, 0.2) is 36.5 Å².